The first-order valence-electron chi connectivity index (χ1n) is 12.8. The monoisotopic (exact) mass is 593 g/mol. The third-order valence-electron chi connectivity index (χ3n) is 6.18. The van der Waals surface area contributed by atoms with Crippen LogP contribution in [0.15, 0.2) is 30.4 Å². The number of esters is 1. The smallest absolute Gasteiger partial charge is 0.335 e. The van der Waals surface area contributed by atoms with Crippen molar-refractivity contribution in [2.75, 3.05) is 18.4 Å². The summed E-state index contributed by atoms with van der Waals surface area (Å²) in [6.07, 6.45) is -7.01. The fraction of sp³-hybridized carbons (Fsp3) is 0.462. The summed E-state index contributed by atoms with van der Waals surface area (Å²) in [4.78, 5) is 71.4. The second-order valence-corrected chi connectivity index (χ2v) is 9.38. The summed E-state index contributed by atoms with van der Waals surface area (Å²) in [6, 6.07) is 4.17. The van der Waals surface area contributed by atoms with Gasteiger partial charge in [0.15, 0.2) is 6.10 Å². The summed E-state index contributed by atoms with van der Waals surface area (Å²) in [5.41, 5.74) is 0.433. The number of aliphatic hydroxyl groups excluding tert-OH is 3. The highest BCUT2D eigenvalue weighted by Crippen LogP contribution is 2.31. The molecule has 0 saturated carbocycles. The molecule has 0 radical (unpaired) electrons. The van der Waals surface area contributed by atoms with Crippen LogP contribution in [-0.4, -0.2) is 105 Å². The van der Waals surface area contributed by atoms with Crippen molar-refractivity contribution in [2.24, 2.45) is 0 Å². The van der Waals surface area contributed by atoms with Crippen molar-refractivity contribution in [2.45, 2.75) is 63.5 Å². The molecule has 1 aromatic carbocycles. The molecule has 0 spiro atoms. The Bertz CT molecular complexity index is 1230. The minimum absolute atomic E-state index is 0.00724. The van der Waals surface area contributed by atoms with Crippen LogP contribution in [0.25, 0.3) is 0 Å². The SMILES string of the molecule is CC(=O)OCc1ccc(O[C@@H]2OC(C(=O)O)[C@@H](O)C(O)[C@H]2O)c(NC(=O)CCNC(=O)CCCN2C(=O)C=CC2=O)c1. The predicted molar refractivity (Wildman–Crippen MR) is 138 cm³/mol. The van der Waals surface area contributed by atoms with Gasteiger partial charge in [-0.15, -0.1) is 0 Å². The number of carboxylic acid groups (broad SMARTS) is 1. The maximum Gasteiger partial charge on any atom is 0.335 e. The van der Waals surface area contributed by atoms with E-state index in [1.807, 2.05) is 0 Å². The maximum atomic E-state index is 12.7. The number of nitrogens with one attached hydrogen (secondary N) is 2. The topological polar surface area (TPSA) is 238 Å². The van der Waals surface area contributed by atoms with Gasteiger partial charge in [-0.25, -0.2) is 4.79 Å². The van der Waals surface area contributed by atoms with Crippen molar-refractivity contribution < 1.29 is 63.4 Å². The molecule has 6 N–H and O–H groups in total. The summed E-state index contributed by atoms with van der Waals surface area (Å²) >= 11 is 0. The molecule has 0 bridgehead atoms. The van der Waals surface area contributed by atoms with Crippen LogP contribution in [0.4, 0.5) is 5.69 Å². The Morgan fingerprint density at radius 1 is 0.976 bits per heavy atom. The van der Waals surface area contributed by atoms with E-state index in [1.165, 1.54) is 25.1 Å². The van der Waals surface area contributed by atoms with Gasteiger partial charge in [0.05, 0.1) is 5.69 Å². The summed E-state index contributed by atoms with van der Waals surface area (Å²) < 4.78 is 15.7. The van der Waals surface area contributed by atoms with Gasteiger partial charge in [0.1, 0.15) is 30.7 Å². The summed E-state index contributed by atoms with van der Waals surface area (Å²) in [7, 11) is 0. The van der Waals surface area contributed by atoms with Gasteiger partial charge in [-0.2, -0.15) is 0 Å². The van der Waals surface area contributed by atoms with Crippen LogP contribution in [0.3, 0.4) is 0 Å². The van der Waals surface area contributed by atoms with Crippen LogP contribution in [0, 0.1) is 0 Å². The standard InChI is InChI=1S/C26H31N3O13/c1-13(30)40-12-14-4-5-16(41-26-23(37)21(35)22(36)24(42-26)25(38)39)15(11-14)28-18(32)8-9-27-17(31)3-2-10-29-19(33)6-7-20(29)34/h4-7,11,21-24,26,35-37H,2-3,8-10,12H2,1H3,(H,27,31)(H,28,32)(H,38,39)/t21?,22-,23+,24?,26+/m0/s1. The summed E-state index contributed by atoms with van der Waals surface area (Å²) in [5.74, 6) is -4.17. The Morgan fingerprint density at radius 3 is 2.31 bits per heavy atom. The maximum absolute atomic E-state index is 12.7. The van der Waals surface area contributed by atoms with Crippen molar-refractivity contribution in [1.29, 1.82) is 0 Å². The third kappa shape index (κ3) is 8.56. The average Bonchev–Trinajstić information content (AvgIpc) is 3.25. The highest BCUT2D eigenvalue weighted by Gasteiger charge is 2.48. The molecule has 2 heterocycles. The van der Waals surface area contributed by atoms with Gasteiger partial charge in [0.25, 0.3) is 11.8 Å². The second kappa shape index (κ2) is 14.5. The highest BCUT2D eigenvalue weighted by atomic mass is 16.7. The van der Waals surface area contributed by atoms with E-state index in [2.05, 4.69) is 10.6 Å². The molecule has 1 aromatic rings. The zero-order chi connectivity index (χ0) is 31.0. The summed E-state index contributed by atoms with van der Waals surface area (Å²) in [5, 5.41) is 44.6. The molecule has 1 fully saturated rings. The lowest BCUT2D eigenvalue weighted by atomic mass is 9.99. The van der Waals surface area contributed by atoms with E-state index in [-0.39, 0.29) is 50.4 Å². The van der Waals surface area contributed by atoms with E-state index in [0.717, 1.165) is 17.1 Å². The molecule has 1 saturated heterocycles. The molecule has 0 aromatic heterocycles. The van der Waals surface area contributed by atoms with Gasteiger partial charge in [-0.3, -0.25) is 28.9 Å². The van der Waals surface area contributed by atoms with E-state index in [1.54, 1.807) is 0 Å². The number of benzene rings is 1. The molecule has 2 aliphatic heterocycles. The lowest BCUT2D eigenvalue weighted by Crippen LogP contribution is -2.61. The van der Waals surface area contributed by atoms with Gasteiger partial charge >= 0.3 is 11.9 Å². The molecule has 228 valence electrons. The molecule has 42 heavy (non-hydrogen) atoms. The van der Waals surface area contributed by atoms with E-state index in [0.29, 0.717) is 5.56 Å². The zero-order valence-corrected chi connectivity index (χ0v) is 22.4. The Morgan fingerprint density at radius 2 is 1.67 bits per heavy atom. The van der Waals surface area contributed by atoms with E-state index < -0.39 is 66.3 Å². The molecule has 2 aliphatic rings. The normalized spacial score (nSPS) is 23.4. The number of imide groups is 1. The minimum Gasteiger partial charge on any atom is -0.479 e. The molecule has 4 amide bonds. The number of carboxylic acids is 1. The first-order chi connectivity index (χ1) is 19.9. The molecule has 0 aliphatic carbocycles. The van der Waals surface area contributed by atoms with Crippen molar-refractivity contribution in [3.05, 3.63) is 35.9 Å². The van der Waals surface area contributed by atoms with Crippen LogP contribution in [0.2, 0.25) is 0 Å². The number of amides is 4. The molecular formula is C26H31N3O13. The molecule has 16 nitrogen and oxygen atoms in total. The van der Waals surface area contributed by atoms with E-state index >= 15 is 0 Å². The molecule has 2 unspecified atom stereocenters. The zero-order valence-electron chi connectivity index (χ0n) is 22.4. The lowest BCUT2D eigenvalue weighted by Gasteiger charge is -2.38. The van der Waals surface area contributed by atoms with Crippen molar-refractivity contribution >= 4 is 41.3 Å². The number of carbonyl (C=O) groups is 6. The second-order valence-electron chi connectivity index (χ2n) is 9.38. The number of hydrogen-bond acceptors (Lipinski definition) is 12. The van der Waals surface area contributed by atoms with Crippen LogP contribution >= 0.6 is 0 Å². The van der Waals surface area contributed by atoms with Gasteiger partial charge in [-0.1, -0.05) is 6.07 Å². The quantitative estimate of drug-likeness (QED) is 0.109. The Balaban J connectivity index is 1.59. The Hall–Kier alpha value is -4.38. The third-order valence-corrected chi connectivity index (χ3v) is 6.18. The number of rotatable bonds is 13. The van der Waals surface area contributed by atoms with Crippen molar-refractivity contribution in [3.63, 3.8) is 0 Å². The lowest BCUT2D eigenvalue weighted by molar-refractivity contribution is -0.271. The largest absolute Gasteiger partial charge is 0.479 e. The Kier molecular flexibility index (Phi) is 11.1. The van der Waals surface area contributed by atoms with Crippen LogP contribution in [-0.2, 0) is 44.8 Å². The van der Waals surface area contributed by atoms with Crippen LogP contribution < -0.4 is 15.4 Å². The number of aliphatic carboxylic acids is 1. The number of anilines is 1. The first kappa shape index (κ1) is 32.1. The van der Waals surface area contributed by atoms with Gasteiger partial charge < -0.3 is 45.3 Å². The number of ether oxygens (including phenoxy) is 3. The van der Waals surface area contributed by atoms with Crippen LogP contribution in [0.1, 0.15) is 31.7 Å². The van der Waals surface area contributed by atoms with Gasteiger partial charge in [0, 0.05) is 45.0 Å². The molecule has 3 rings (SSSR count). The number of aliphatic hydroxyl groups is 3. The number of hydrogen-bond donors (Lipinski definition) is 6. The van der Waals surface area contributed by atoms with Crippen molar-refractivity contribution in [1.82, 2.24) is 10.2 Å². The first-order valence-corrected chi connectivity index (χ1v) is 12.8. The minimum atomic E-state index is -1.93. The highest BCUT2D eigenvalue weighted by molar-refractivity contribution is 6.12. The molecular weight excluding hydrogens is 562 g/mol. The van der Waals surface area contributed by atoms with E-state index in [9.17, 15) is 49.2 Å². The van der Waals surface area contributed by atoms with Crippen molar-refractivity contribution in [3.8, 4) is 5.75 Å². The Labute approximate surface area is 238 Å². The number of carbonyl (C=O) groups excluding carboxylic acids is 5. The molecule has 16 heteroatoms. The predicted octanol–water partition coefficient (Wildman–Crippen LogP) is -1.83. The average molecular weight is 594 g/mol. The van der Waals surface area contributed by atoms with Gasteiger partial charge in [0.2, 0.25) is 18.1 Å². The molecule has 5 atom stereocenters. The number of nitrogens with zero attached hydrogens (tertiary/aromatic N) is 1. The van der Waals surface area contributed by atoms with Gasteiger partial charge in [-0.05, 0) is 24.1 Å². The summed E-state index contributed by atoms with van der Waals surface area (Å²) in [6.45, 7) is 1.06. The van der Waals surface area contributed by atoms with E-state index in [4.69, 9.17) is 14.2 Å². The fourth-order valence-corrected chi connectivity index (χ4v) is 3.99. The van der Waals surface area contributed by atoms with Crippen LogP contribution in [0.5, 0.6) is 5.75 Å². The fourth-order valence-electron chi connectivity index (χ4n) is 3.99.